The summed E-state index contributed by atoms with van der Waals surface area (Å²) in [6.07, 6.45) is 1.67. The molecule has 2 aromatic carbocycles. The number of nitrogens with zero attached hydrogens (tertiary/aromatic N) is 1. The van der Waals surface area contributed by atoms with Gasteiger partial charge in [-0.3, -0.25) is 14.4 Å². The number of carbonyl (C=O) groups excluding carboxylic acids is 4. The first-order valence-corrected chi connectivity index (χ1v) is 10.2. The fourth-order valence-corrected chi connectivity index (χ4v) is 3.24. The highest BCUT2D eigenvalue weighted by atomic mass is 16.5. The molecule has 2 aromatic rings. The summed E-state index contributed by atoms with van der Waals surface area (Å²) in [7, 11) is 0. The summed E-state index contributed by atoms with van der Waals surface area (Å²) in [5.41, 5.74) is 0.973. The van der Waals surface area contributed by atoms with E-state index in [1.807, 2.05) is 6.92 Å². The predicted octanol–water partition coefficient (Wildman–Crippen LogP) is 2.53. The molecule has 0 radical (unpaired) electrons. The Hall–Kier alpha value is -3.78. The van der Waals surface area contributed by atoms with Crippen LogP contribution in [-0.4, -0.2) is 49.4 Å². The van der Waals surface area contributed by atoms with E-state index in [1.165, 1.54) is 24.3 Å². The molecule has 1 aliphatic rings. The van der Waals surface area contributed by atoms with Crippen LogP contribution >= 0.6 is 0 Å². The Morgan fingerprint density at radius 1 is 1.09 bits per heavy atom. The number of hydrogen-bond donors (Lipinski definition) is 1. The van der Waals surface area contributed by atoms with Gasteiger partial charge >= 0.3 is 5.97 Å². The zero-order valence-electron chi connectivity index (χ0n) is 17.7. The minimum absolute atomic E-state index is 0.0596. The van der Waals surface area contributed by atoms with Crippen LogP contribution in [0.2, 0.25) is 0 Å². The van der Waals surface area contributed by atoms with E-state index in [-0.39, 0.29) is 29.6 Å². The van der Waals surface area contributed by atoms with Gasteiger partial charge in [-0.1, -0.05) is 6.08 Å². The van der Waals surface area contributed by atoms with Gasteiger partial charge in [0.25, 0.3) is 5.91 Å². The van der Waals surface area contributed by atoms with Crippen LogP contribution in [0, 0.1) is 0 Å². The van der Waals surface area contributed by atoms with Gasteiger partial charge in [-0.25, -0.2) is 9.69 Å². The van der Waals surface area contributed by atoms with Gasteiger partial charge < -0.3 is 14.8 Å². The minimum atomic E-state index is -0.680. The number of rotatable bonds is 10. The third kappa shape index (κ3) is 5.28. The summed E-state index contributed by atoms with van der Waals surface area (Å²) in [5.74, 6) is -1.05. The molecule has 0 spiro atoms. The molecule has 1 fully saturated rings. The van der Waals surface area contributed by atoms with Gasteiger partial charge in [-0.15, -0.1) is 6.58 Å². The number of anilines is 1. The molecule has 8 heteroatoms. The van der Waals surface area contributed by atoms with Crippen LogP contribution in [0.15, 0.2) is 61.2 Å². The van der Waals surface area contributed by atoms with Crippen molar-refractivity contribution in [2.45, 2.75) is 19.4 Å². The van der Waals surface area contributed by atoms with E-state index in [0.29, 0.717) is 30.2 Å². The van der Waals surface area contributed by atoms with E-state index in [1.54, 1.807) is 30.3 Å². The number of esters is 1. The third-order valence-electron chi connectivity index (χ3n) is 4.84. The van der Waals surface area contributed by atoms with Gasteiger partial charge in [0.15, 0.2) is 12.4 Å². The Balaban J connectivity index is 1.58. The number of imide groups is 1. The molecule has 1 unspecified atom stereocenters. The van der Waals surface area contributed by atoms with Gasteiger partial charge in [0.05, 0.1) is 30.3 Å². The Kier molecular flexibility index (Phi) is 7.51. The van der Waals surface area contributed by atoms with E-state index in [2.05, 4.69) is 11.9 Å². The van der Waals surface area contributed by atoms with Crippen molar-refractivity contribution in [3.63, 3.8) is 0 Å². The number of ether oxygens (including phenoxy) is 2. The number of benzene rings is 2. The highest BCUT2D eigenvalue weighted by Crippen LogP contribution is 2.23. The molecule has 166 valence electrons. The molecule has 0 aromatic heterocycles. The highest BCUT2D eigenvalue weighted by Gasteiger charge is 2.39. The lowest BCUT2D eigenvalue weighted by atomic mass is 10.1. The Bertz CT molecular complexity index is 1010. The fraction of sp³-hybridized carbons (Fsp3) is 0.250. The van der Waals surface area contributed by atoms with Gasteiger partial charge in [0, 0.05) is 12.1 Å². The Morgan fingerprint density at radius 3 is 2.38 bits per heavy atom. The number of ketones is 1. The second-order valence-corrected chi connectivity index (χ2v) is 7.02. The van der Waals surface area contributed by atoms with Crippen LogP contribution in [-0.2, 0) is 14.3 Å². The number of nitrogens with one attached hydrogen (secondary N) is 1. The maximum Gasteiger partial charge on any atom is 0.338 e. The van der Waals surface area contributed by atoms with Crippen LogP contribution in [0.25, 0.3) is 0 Å². The van der Waals surface area contributed by atoms with E-state index >= 15 is 0 Å². The molecule has 1 saturated heterocycles. The smallest absolute Gasteiger partial charge is 0.338 e. The van der Waals surface area contributed by atoms with Gasteiger partial charge in [-0.2, -0.15) is 0 Å². The predicted molar refractivity (Wildman–Crippen MR) is 118 cm³/mol. The first-order chi connectivity index (χ1) is 15.4. The van der Waals surface area contributed by atoms with E-state index < -0.39 is 18.6 Å². The lowest BCUT2D eigenvalue weighted by Crippen LogP contribution is -2.38. The SMILES string of the molecule is C=CCNC1CC(=O)N(c2ccc(C(=O)OCC(=O)c3ccc(OCC)cc3)cc2)C1=O. The monoisotopic (exact) mass is 436 g/mol. The quantitative estimate of drug-likeness (QED) is 0.264. The van der Waals surface area contributed by atoms with Crippen molar-refractivity contribution in [3.05, 3.63) is 72.3 Å². The number of Topliss-reactive ketones (excluding diaryl/α,β-unsaturated/α-hetero) is 1. The van der Waals surface area contributed by atoms with Crippen LogP contribution in [0.5, 0.6) is 5.75 Å². The summed E-state index contributed by atoms with van der Waals surface area (Å²) in [6, 6.07) is 11.9. The van der Waals surface area contributed by atoms with Crippen LogP contribution in [0.1, 0.15) is 34.1 Å². The molecular formula is C24H24N2O6. The molecule has 3 rings (SSSR count). The number of amides is 2. The van der Waals surface area contributed by atoms with Crippen molar-refractivity contribution in [2.75, 3.05) is 24.7 Å². The standard InChI is InChI=1S/C24H24N2O6/c1-3-13-25-20-14-22(28)26(23(20)29)18-9-5-17(6-10-18)24(30)32-15-21(27)16-7-11-19(12-8-16)31-4-2/h3,5-12,20,25H,1,4,13-15H2,2H3. The van der Waals surface area contributed by atoms with Crippen LogP contribution in [0.3, 0.4) is 0 Å². The van der Waals surface area contributed by atoms with Crippen LogP contribution in [0.4, 0.5) is 5.69 Å². The normalized spacial score (nSPS) is 15.5. The Morgan fingerprint density at radius 2 is 1.75 bits per heavy atom. The molecule has 8 nitrogen and oxygen atoms in total. The molecule has 1 atom stereocenters. The topological polar surface area (TPSA) is 102 Å². The number of carbonyl (C=O) groups is 4. The molecule has 1 heterocycles. The minimum Gasteiger partial charge on any atom is -0.494 e. The molecule has 2 amide bonds. The molecule has 1 aliphatic heterocycles. The first-order valence-electron chi connectivity index (χ1n) is 10.2. The largest absolute Gasteiger partial charge is 0.494 e. The van der Waals surface area contributed by atoms with Crippen molar-refractivity contribution >= 4 is 29.3 Å². The summed E-state index contributed by atoms with van der Waals surface area (Å²) in [5, 5.41) is 2.95. The zero-order valence-corrected chi connectivity index (χ0v) is 17.7. The highest BCUT2D eigenvalue weighted by molar-refractivity contribution is 6.22. The molecule has 32 heavy (non-hydrogen) atoms. The van der Waals surface area contributed by atoms with Crippen molar-refractivity contribution in [3.8, 4) is 5.75 Å². The Labute approximate surface area is 185 Å². The molecule has 0 saturated carbocycles. The van der Waals surface area contributed by atoms with Crippen LogP contribution < -0.4 is 15.0 Å². The third-order valence-corrected chi connectivity index (χ3v) is 4.84. The van der Waals surface area contributed by atoms with Crippen molar-refractivity contribution in [1.29, 1.82) is 0 Å². The first kappa shape index (κ1) is 22.9. The lowest BCUT2D eigenvalue weighted by molar-refractivity contribution is -0.121. The van der Waals surface area contributed by atoms with E-state index in [9.17, 15) is 19.2 Å². The van der Waals surface area contributed by atoms with Crippen molar-refractivity contribution in [2.24, 2.45) is 0 Å². The molecule has 0 bridgehead atoms. The van der Waals surface area contributed by atoms with Gasteiger partial charge in [0.1, 0.15) is 5.75 Å². The summed E-state index contributed by atoms with van der Waals surface area (Å²) < 4.78 is 10.4. The molecule has 1 N–H and O–H groups in total. The summed E-state index contributed by atoms with van der Waals surface area (Å²) in [4.78, 5) is 50.4. The summed E-state index contributed by atoms with van der Waals surface area (Å²) >= 11 is 0. The van der Waals surface area contributed by atoms with E-state index in [0.717, 1.165) is 4.90 Å². The zero-order chi connectivity index (χ0) is 23.1. The van der Waals surface area contributed by atoms with Crippen molar-refractivity contribution < 1.29 is 28.7 Å². The lowest BCUT2D eigenvalue weighted by Gasteiger charge is -2.15. The average Bonchev–Trinajstić information content (AvgIpc) is 3.09. The van der Waals surface area contributed by atoms with Crippen molar-refractivity contribution in [1.82, 2.24) is 5.32 Å². The van der Waals surface area contributed by atoms with Gasteiger partial charge in [0.2, 0.25) is 5.91 Å². The summed E-state index contributed by atoms with van der Waals surface area (Å²) in [6.45, 7) is 5.98. The average molecular weight is 436 g/mol. The second-order valence-electron chi connectivity index (χ2n) is 7.02. The molecule has 0 aliphatic carbocycles. The van der Waals surface area contributed by atoms with E-state index in [4.69, 9.17) is 9.47 Å². The molecular weight excluding hydrogens is 412 g/mol. The second kappa shape index (κ2) is 10.5. The maximum atomic E-state index is 12.5. The fourth-order valence-electron chi connectivity index (χ4n) is 3.24. The van der Waals surface area contributed by atoms with Gasteiger partial charge in [-0.05, 0) is 55.5 Å². The maximum absolute atomic E-state index is 12.5. The number of hydrogen-bond acceptors (Lipinski definition) is 7.